The largest absolute Gasteiger partial charge is 0.508 e. The summed E-state index contributed by atoms with van der Waals surface area (Å²) in [5.41, 5.74) is 10.1. The molecule has 42 heavy (non-hydrogen) atoms. The van der Waals surface area contributed by atoms with E-state index in [0.717, 1.165) is 75.5 Å². The molecule has 0 amide bonds. The van der Waals surface area contributed by atoms with Crippen LogP contribution in [0.15, 0.2) is 88.1 Å². The van der Waals surface area contributed by atoms with Crippen molar-refractivity contribution in [1.82, 2.24) is 0 Å². The lowest BCUT2D eigenvalue weighted by molar-refractivity contribution is 0.164. The Kier molecular flexibility index (Phi) is 17.1. The number of aromatic hydroxyl groups is 1. The molecule has 0 saturated carbocycles. The Balaban J connectivity index is 1.57. The third kappa shape index (κ3) is 16.0. The molecule has 0 fully saturated rings. The summed E-state index contributed by atoms with van der Waals surface area (Å²) in [4.78, 5) is 0. The van der Waals surface area contributed by atoms with Crippen molar-refractivity contribution in [1.29, 1.82) is 0 Å². The topological polar surface area (TPSA) is 29.5 Å². The van der Waals surface area contributed by atoms with Crippen LogP contribution in [0.5, 0.6) is 11.5 Å². The van der Waals surface area contributed by atoms with Crippen LogP contribution in [0.25, 0.3) is 0 Å². The van der Waals surface area contributed by atoms with Crippen LogP contribution in [-0.4, -0.2) is 11.2 Å². The number of phenolic OH excluding ortho intramolecular Hbond substituents is 1. The third-order valence-corrected chi connectivity index (χ3v) is 8.27. The van der Waals surface area contributed by atoms with E-state index in [9.17, 15) is 5.11 Å². The Labute approximate surface area is 259 Å². The molecule has 1 aromatic carbocycles. The summed E-state index contributed by atoms with van der Waals surface area (Å²) >= 11 is 0. The van der Waals surface area contributed by atoms with E-state index < -0.39 is 0 Å². The summed E-state index contributed by atoms with van der Waals surface area (Å²) in [6.45, 7) is 15.7. The van der Waals surface area contributed by atoms with Crippen LogP contribution in [0.1, 0.15) is 138 Å². The van der Waals surface area contributed by atoms with Gasteiger partial charge in [-0.1, -0.05) is 69.9 Å². The predicted octanol–water partition coefficient (Wildman–Crippen LogP) is 12.5. The first-order valence-electron chi connectivity index (χ1n) is 16.5. The van der Waals surface area contributed by atoms with Crippen molar-refractivity contribution >= 4 is 0 Å². The maximum absolute atomic E-state index is 9.65. The van der Waals surface area contributed by atoms with Gasteiger partial charge in [0.2, 0.25) is 0 Å². The zero-order valence-corrected chi connectivity index (χ0v) is 28.0. The minimum Gasteiger partial charge on any atom is -0.508 e. The van der Waals surface area contributed by atoms with E-state index in [0.29, 0.717) is 5.75 Å². The summed E-state index contributed by atoms with van der Waals surface area (Å²) in [6.07, 6.45) is 30.5. The smallest absolute Gasteiger partial charge is 0.123 e. The Morgan fingerprint density at radius 2 is 1.07 bits per heavy atom. The fourth-order valence-corrected chi connectivity index (χ4v) is 5.43. The molecule has 0 radical (unpaired) electrons. The minimum atomic E-state index is 0.282. The molecule has 1 aliphatic heterocycles. The van der Waals surface area contributed by atoms with E-state index in [-0.39, 0.29) is 6.10 Å². The number of ether oxygens (including phenoxy) is 1. The lowest BCUT2D eigenvalue weighted by Gasteiger charge is -2.26. The third-order valence-electron chi connectivity index (χ3n) is 8.27. The first kappa shape index (κ1) is 35.5. The highest BCUT2D eigenvalue weighted by Crippen LogP contribution is 2.31. The second-order valence-electron chi connectivity index (χ2n) is 12.9. The zero-order chi connectivity index (χ0) is 30.7. The van der Waals surface area contributed by atoms with Gasteiger partial charge in [0.25, 0.3) is 0 Å². The summed E-state index contributed by atoms with van der Waals surface area (Å²) in [7, 11) is 0. The number of hydrogen-bond donors (Lipinski definition) is 1. The number of aryl methyl sites for hydroxylation is 1. The van der Waals surface area contributed by atoms with E-state index in [1.54, 1.807) is 6.07 Å². The molecule has 1 heterocycles. The average molecular weight is 573 g/mol. The van der Waals surface area contributed by atoms with Crippen molar-refractivity contribution in [2.45, 2.75) is 144 Å². The first-order valence-corrected chi connectivity index (χ1v) is 16.5. The van der Waals surface area contributed by atoms with Crippen molar-refractivity contribution in [3.8, 4) is 11.5 Å². The summed E-state index contributed by atoms with van der Waals surface area (Å²) in [5, 5.41) is 9.65. The first-order chi connectivity index (χ1) is 20.1. The molecule has 0 spiro atoms. The molecule has 1 aliphatic rings. The molecule has 232 valence electrons. The van der Waals surface area contributed by atoms with E-state index in [4.69, 9.17) is 4.74 Å². The van der Waals surface area contributed by atoms with Gasteiger partial charge >= 0.3 is 0 Å². The van der Waals surface area contributed by atoms with Gasteiger partial charge in [0.15, 0.2) is 0 Å². The van der Waals surface area contributed by atoms with Crippen LogP contribution < -0.4 is 4.74 Å². The van der Waals surface area contributed by atoms with Crippen LogP contribution in [0.3, 0.4) is 0 Å². The van der Waals surface area contributed by atoms with E-state index in [2.05, 4.69) is 84.9 Å². The van der Waals surface area contributed by atoms with Crippen LogP contribution >= 0.6 is 0 Å². The molecule has 0 bridgehead atoms. The highest BCUT2D eigenvalue weighted by Gasteiger charge is 2.19. The van der Waals surface area contributed by atoms with Crippen molar-refractivity contribution in [3.05, 3.63) is 93.7 Å². The fraction of sp³-hybridized carbons (Fsp3) is 0.550. The van der Waals surface area contributed by atoms with Crippen LogP contribution in [0, 0.1) is 0 Å². The maximum Gasteiger partial charge on any atom is 0.123 e. The minimum absolute atomic E-state index is 0.282. The van der Waals surface area contributed by atoms with Gasteiger partial charge in [-0.25, -0.2) is 0 Å². The number of hydrogen-bond acceptors (Lipinski definition) is 2. The van der Waals surface area contributed by atoms with E-state index in [1.807, 2.05) is 12.1 Å². The molecule has 2 heteroatoms. The SMILES string of the molecule is CC(C)=CCC/C(C)=C/CC/C(C)=C/CC/C(C)=C/CC/C(C)=C/CC/C(C)=C/CCC1CCc2cc(O)ccc2O1. The maximum atomic E-state index is 9.65. The Hall–Kier alpha value is -2.74. The molecule has 1 unspecified atom stereocenters. The lowest BCUT2D eigenvalue weighted by atomic mass is 9.98. The second-order valence-corrected chi connectivity index (χ2v) is 12.9. The molecular formula is C40H60O2. The van der Waals surface area contributed by atoms with E-state index in [1.165, 1.54) is 59.1 Å². The van der Waals surface area contributed by atoms with Gasteiger partial charge in [-0.2, -0.15) is 0 Å². The fourth-order valence-electron chi connectivity index (χ4n) is 5.43. The molecule has 0 saturated heterocycles. The number of fused-ring (bicyclic) bond motifs is 1. The highest BCUT2D eigenvalue weighted by atomic mass is 16.5. The number of rotatable bonds is 18. The average Bonchev–Trinajstić information content (AvgIpc) is 2.93. The van der Waals surface area contributed by atoms with Gasteiger partial charge in [-0.05, 0) is 162 Å². The number of allylic oxidation sites excluding steroid dienone is 12. The van der Waals surface area contributed by atoms with Gasteiger partial charge in [0, 0.05) is 0 Å². The monoisotopic (exact) mass is 572 g/mol. The summed E-state index contributed by atoms with van der Waals surface area (Å²) in [6, 6.07) is 5.45. The van der Waals surface area contributed by atoms with Crippen LogP contribution in [0.4, 0.5) is 0 Å². The second kappa shape index (κ2) is 20.2. The molecular weight excluding hydrogens is 512 g/mol. The van der Waals surface area contributed by atoms with Crippen molar-refractivity contribution in [2.75, 3.05) is 0 Å². The zero-order valence-electron chi connectivity index (χ0n) is 28.0. The molecule has 1 N–H and O–H groups in total. The van der Waals surface area contributed by atoms with E-state index >= 15 is 0 Å². The van der Waals surface area contributed by atoms with Crippen molar-refractivity contribution in [3.63, 3.8) is 0 Å². The molecule has 0 aromatic heterocycles. The normalized spacial score (nSPS) is 16.7. The van der Waals surface area contributed by atoms with Gasteiger partial charge in [-0.15, -0.1) is 0 Å². The summed E-state index contributed by atoms with van der Waals surface area (Å²) in [5.74, 6) is 1.27. The van der Waals surface area contributed by atoms with Gasteiger partial charge < -0.3 is 9.84 Å². The summed E-state index contributed by atoms with van der Waals surface area (Å²) < 4.78 is 6.14. The molecule has 1 aromatic rings. The van der Waals surface area contributed by atoms with Gasteiger partial charge in [0.05, 0.1) is 6.10 Å². The van der Waals surface area contributed by atoms with Gasteiger partial charge in [-0.3, -0.25) is 0 Å². The van der Waals surface area contributed by atoms with Crippen molar-refractivity contribution in [2.24, 2.45) is 0 Å². The molecule has 2 rings (SSSR count). The Bertz CT molecular complexity index is 1130. The quantitative estimate of drug-likeness (QED) is 0.177. The molecule has 1 atom stereocenters. The standard InChI is InChI=1S/C40H60O2/c1-31(2)14-8-15-32(3)16-9-17-33(4)18-10-19-34(5)20-11-21-35(6)22-12-23-36(7)24-13-25-39-28-26-37-30-38(41)27-29-40(37)42-39/h14,16,18,20,22,24,27,29-30,39,41H,8-13,15,17,19,21,23,25-26,28H2,1-7H3/b32-16+,33-18+,34-20+,35-22+,36-24+. The molecule has 0 aliphatic carbocycles. The lowest BCUT2D eigenvalue weighted by Crippen LogP contribution is -2.22. The Morgan fingerprint density at radius 1 is 0.643 bits per heavy atom. The predicted molar refractivity (Wildman–Crippen MR) is 184 cm³/mol. The van der Waals surface area contributed by atoms with Crippen LogP contribution in [0.2, 0.25) is 0 Å². The highest BCUT2D eigenvalue weighted by molar-refractivity contribution is 5.41. The van der Waals surface area contributed by atoms with Gasteiger partial charge in [0.1, 0.15) is 11.5 Å². The number of phenols is 1. The number of benzene rings is 1. The Morgan fingerprint density at radius 3 is 1.52 bits per heavy atom. The molecule has 2 nitrogen and oxygen atoms in total. The van der Waals surface area contributed by atoms with Crippen molar-refractivity contribution < 1.29 is 9.84 Å². The van der Waals surface area contributed by atoms with Crippen LogP contribution in [-0.2, 0) is 6.42 Å².